The number of ether oxygens (including phenoxy) is 1. The first-order valence-electron chi connectivity index (χ1n) is 6.57. The zero-order chi connectivity index (χ0) is 13.0. The fourth-order valence-corrected chi connectivity index (χ4v) is 1.73. The van der Waals surface area contributed by atoms with Gasteiger partial charge in [-0.2, -0.15) is 0 Å². The lowest BCUT2D eigenvalue weighted by Gasteiger charge is -2.11. The Balaban J connectivity index is 1.80. The van der Waals surface area contributed by atoms with Crippen LogP contribution in [0.25, 0.3) is 0 Å². The minimum atomic E-state index is -0.0744. The van der Waals surface area contributed by atoms with E-state index in [0.29, 0.717) is 19.0 Å². The van der Waals surface area contributed by atoms with E-state index < -0.39 is 0 Å². The molecule has 0 saturated heterocycles. The average Bonchev–Trinajstić information content (AvgIpc) is 3.14. The van der Waals surface area contributed by atoms with E-state index in [-0.39, 0.29) is 11.6 Å². The summed E-state index contributed by atoms with van der Waals surface area (Å²) in [5.41, 5.74) is -0.0744. The second-order valence-corrected chi connectivity index (χ2v) is 5.03. The van der Waals surface area contributed by atoms with Crippen molar-refractivity contribution in [2.45, 2.75) is 32.7 Å². The lowest BCUT2D eigenvalue weighted by atomic mass is 10.4. The summed E-state index contributed by atoms with van der Waals surface area (Å²) >= 11 is 0. The van der Waals surface area contributed by atoms with Crippen LogP contribution in [0.4, 0.5) is 5.82 Å². The minimum Gasteiger partial charge on any atom is -0.379 e. The largest absolute Gasteiger partial charge is 0.379 e. The molecule has 1 aliphatic carbocycles. The molecule has 0 atom stereocenters. The number of rotatable bonds is 7. The Morgan fingerprint density at radius 1 is 1.56 bits per heavy atom. The highest BCUT2D eigenvalue weighted by molar-refractivity contribution is 5.30. The zero-order valence-corrected chi connectivity index (χ0v) is 11.1. The molecule has 0 aromatic carbocycles. The summed E-state index contributed by atoms with van der Waals surface area (Å²) in [6, 6.07) is 0.146. The van der Waals surface area contributed by atoms with E-state index in [0.717, 1.165) is 12.5 Å². The van der Waals surface area contributed by atoms with Crippen molar-refractivity contribution in [2.75, 3.05) is 25.1 Å². The summed E-state index contributed by atoms with van der Waals surface area (Å²) in [4.78, 5) is 16.1. The van der Waals surface area contributed by atoms with Crippen molar-refractivity contribution in [3.8, 4) is 0 Å². The molecule has 0 unspecified atom stereocenters. The third-order valence-corrected chi connectivity index (χ3v) is 3.01. The van der Waals surface area contributed by atoms with Gasteiger partial charge in [0, 0.05) is 31.6 Å². The molecule has 5 heteroatoms. The topological polar surface area (TPSA) is 56.1 Å². The van der Waals surface area contributed by atoms with Gasteiger partial charge in [0.15, 0.2) is 5.82 Å². The first-order valence-corrected chi connectivity index (χ1v) is 6.57. The van der Waals surface area contributed by atoms with Gasteiger partial charge < -0.3 is 14.6 Å². The van der Waals surface area contributed by atoms with Crippen LogP contribution in [0.2, 0.25) is 0 Å². The summed E-state index contributed by atoms with van der Waals surface area (Å²) < 4.78 is 7.16. The molecule has 0 amide bonds. The standard InChI is InChI=1S/C13H21N3O2/c1-10(2)16-7-5-14-12(13(16)17)15-6-8-18-9-11-3-4-11/h5,7,10-11H,3-4,6,8-9H2,1-2H3,(H,14,15). The Morgan fingerprint density at radius 3 is 3.00 bits per heavy atom. The normalized spacial score (nSPS) is 15.1. The molecule has 2 rings (SSSR count). The highest BCUT2D eigenvalue weighted by Gasteiger charge is 2.20. The molecule has 0 radical (unpaired) electrons. The Kier molecular flexibility index (Phi) is 4.36. The number of hydrogen-bond acceptors (Lipinski definition) is 4. The lowest BCUT2D eigenvalue weighted by Crippen LogP contribution is -2.26. The van der Waals surface area contributed by atoms with Crippen LogP contribution in [-0.2, 0) is 4.74 Å². The lowest BCUT2D eigenvalue weighted by molar-refractivity contribution is 0.134. The van der Waals surface area contributed by atoms with Crippen molar-refractivity contribution in [2.24, 2.45) is 5.92 Å². The van der Waals surface area contributed by atoms with E-state index in [1.165, 1.54) is 12.8 Å². The molecule has 18 heavy (non-hydrogen) atoms. The van der Waals surface area contributed by atoms with E-state index in [4.69, 9.17) is 4.74 Å². The molecule has 5 nitrogen and oxygen atoms in total. The van der Waals surface area contributed by atoms with Crippen LogP contribution in [0.5, 0.6) is 0 Å². The average molecular weight is 251 g/mol. The van der Waals surface area contributed by atoms with Gasteiger partial charge in [-0.05, 0) is 32.6 Å². The summed E-state index contributed by atoms with van der Waals surface area (Å²) in [7, 11) is 0. The van der Waals surface area contributed by atoms with Crippen LogP contribution < -0.4 is 10.9 Å². The van der Waals surface area contributed by atoms with E-state index in [9.17, 15) is 4.79 Å². The highest BCUT2D eigenvalue weighted by atomic mass is 16.5. The van der Waals surface area contributed by atoms with Gasteiger partial charge in [0.05, 0.1) is 6.61 Å². The van der Waals surface area contributed by atoms with Crippen LogP contribution in [0.15, 0.2) is 17.2 Å². The molecule has 100 valence electrons. The number of nitrogens with one attached hydrogen (secondary N) is 1. The Bertz CT molecular complexity index is 438. The number of aromatic nitrogens is 2. The summed E-state index contributed by atoms with van der Waals surface area (Å²) in [5.74, 6) is 1.18. The number of anilines is 1. The van der Waals surface area contributed by atoms with Crippen LogP contribution in [0, 0.1) is 5.92 Å². The molecule has 1 N–H and O–H groups in total. The van der Waals surface area contributed by atoms with Gasteiger partial charge in [0.2, 0.25) is 0 Å². The molecular formula is C13H21N3O2. The van der Waals surface area contributed by atoms with E-state index in [1.54, 1.807) is 17.0 Å². The third kappa shape index (κ3) is 3.57. The van der Waals surface area contributed by atoms with Gasteiger partial charge in [-0.15, -0.1) is 0 Å². The second-order valence-electron chi connectivity index (χ2n) is 5.03. The van der Waals surface area contributed by atoms with E-state index in [2.05, 4.69) is 10.3 Å². The minimum absolute atomic E-state index is 0.0744. The van der Waals surface area contributed by atoms with Crippen LogP contribution in [-0.4, -0.2) is 29.3 Å². The van der Waals surface area contributed by atoms with Crippen molar-refractivity contribution >= 4 is 5.82 Å². The van der Waals surface area contributed by atoms with Gasteiger partial charge in [-0.25, -0.2) is 4.98 Å². The van der Waals surface area contributed by atoms with Gasteiger partial charge in [0.1, 0.15) is 0 Å². The second kappa shape index (κ2) is 6.00. The van der Waals surface area contributed by atoms with Gasteiger partial charge >= 0.3 is 0 Å². The zero-order valence-electron chi connectivity index (χ0n) is 11.1. The van der Waals surface area contributed by atoms with Gasteiger partial charge in [0.25, 0.3) is 5.56 Å². The summed E-state index contributed by atoms with van der Waals surface area (Å²) in [6.07, 6.45) is 5.95. The van der Waals surface area contributed by atoms with E-state index >= 15 is 0 Å². The molecule has 1 saturated carbocycles. The smallest absolute Gasteiger partial charge is 0.293 e. The van der Waals surface area contributed by atoms with Crippen LogP contribution in [0.1, 0.15) is 32.7 Å². The molecule has 1 fully saturated rings. The summed E-state index contributed by atoms with van der Waals surface area (Å²) in [6.45, 7) is 6.04. The number of hydrogen-bond donors (Lipinski definition) is 1. The molecule has 0 bridgehead atoms. The predicted molar refractivity (Wildman–Crippen MR) is 70.9 cm³/mol. The first kappa shape index (κ1) is 13.1. The maximum atomic E-state index is 12.0. The molecule has 1 aromatic heterocycles. The Labute approximate surface area is 107 Å². The first-order chi connectivity index (χ1) is 8.68. The molecular weight excluding hydrogens is 230 g/mol. The van der Waals surface area contributed by atoms with Crippen LogP contribution in [0.3, 0.4) is 0 Å². The molecule has 1 aromatic rings. The van der Waals surface area contributed by atoms with E-state index in [1.807, 2.05) is 13.8 Å². The van der Waals surface area contributed by atoms with Crippen LogP contribution >= 0.6 is 0 Å². The molecule has 1 aliphatic rings. The maximum absolute atomic E-state index is 12.0. The fourth-order valence-electron chi connectivity index (χ4n) is 1.73. The monoisotopic (exact) mass is 251 g/mol. The van der Waals surface area contributed by atoms with Crippen molar-refractivity contribution in [1.29, 1.82) is 0 Å². The maximum Gasteiger partial charge on any atom is 0.293 e. The van der Waals surface area contributed by atoms with Gasteiger partial charge in [-0.1, -0.05) is 0 Å². The quantitative estimate of drug-likeness (QED) is 0.749. The van der Waals surface area contributed by atoms with Crippen molar-refractivity contribution < 1.29 is 4.74 Å². The fraction of sp³-hybridized carbons (Fsp3) is 0.692. The predicted octanol–water partition coefficient (Wildman–Crippen LogP) is 1.66. The molecule has 0 spiro atoms. The SMILES string of the molecule is CC(C)n1ccnc(NCCOCC2CC2)c1=O. The Hall–Kier alpha value is -1.36. The highest BCUT2D eigenvalue weighted by Crippen LogP contribution is 2.28. The van der Waals surface area contributed by atoms with Crippen molar-refractivity contribution in [3.05, 3.63) is 22.7 Å². The molecule has 1 heterocycles. The summed E-state index contributed by atoms with van der Waals surface area (Å²) in [5, 5.41) is 3.03. The van der Waals surface area contributed by atoms with Gasteiger partial charge in [-0.3, -0.25) is 4.79 Å². The third-order valence-electron chi connectivity index (χ3n) is 3.01. The number of nitrogens with zero attached hydrogens (tertiary/aromatic N) is 2. The van der Waals surface area contributed by atoms with Crippen molar-refractivity contribution in [3.63, 3.8) is 0 Å². The molecule has 0 aliphatic heterocycles. The van der Waals surface area contributed by atoms with Crippen molar-refractivity contribution in [1.82, 2.24) is 9.55 Å². The Morgan fingerprint density at radius 2 is 2.33 bits per heavy atom.